The largest absolute Gasteiger partial charge is 0.379 e. The van der Waals surface area contributed by atoms with Gasteiger partial charge in [-0.1, -0.05) is 19.3 Å². The minimum atomic E-state index is 0. The standard InChI is InChI=1S/C22H40N6O.HI/c1-5-23-21(24-15-20-18(2)26-27(4)19(20)3)25-16-22(9-7-6-8-10-22)17-28-11-13-29-14-12-28;/h5-17H2,1-4H3,(H2,23,24,25);1H. The summed E-state index contributed by atoms with van der Waals surface area (Å²) in [5.74, 6) is 0.919. The Morgan fingerprint density at radius 2 is 1.83 bits per heavy atom. The highest BCUT2D eigenvalue weighted by Gasteiger charge is 2.34. The van der Waals surface area contributed by atoms with E-state index in [2.05, 4.69) is 41.4 Å². The van der Waals surface area contributed by atoms with Crippen molar-refractivity contribution in [3.8, 4) is 0 Å². The smallest absolute Gasteiger partial charge is 0.191 e. The quantitative estimate of drug-likeness (QED) is 0.321. The molecule has 2 N–H and O–H groups in total. The number of aryl methyl sites for hydroxylation is 2. The molecule has 0 atom stereocenters. The molecule has 2 aliphatic rings. The molecule has 1 saturated carbocycles. The molecule has 172 valence electrons. The van der Waals surface area contributed by atoms with E-state index in [0.29, 0.717) is 12.0 Å². The van der Waals surface area contributed by atoms with Crippen LogP contribution in [0.2, 0.25) is 0 Å². The molecular weight excluding hydrogens is 491 g/mol. The summed E-state index contributed by atoms with van der Waals surface area (Å²) in [5.41, 5.74) is 3.83. The number of nitrogens with one attached hydrogen (secondary N) is 2. The van der Waals surface area contributed by atoms with Crippen molar-refractivity contribution in [2.45, 2.75) is 59.4 Å². The van der Waals surface area contributed by atoms with Gasteiger partial charge < -0.3 is 15.4 Å². The Bertz CT molecular complexity index is 677. The molecule has 0 bridgehead atoms. The van der Waals surface area contributed by atoms with Gasteiger partial charge in [-0.05, 0) is 33.6 Å². The van der Waals surface area contributed by atoms with Gasteiger partial charge in [-0.2, -0.15) is 5.10 Å². The first-order chi connectivity index (χ1) is 14.0. The van der Waals surface area contributed by atoms with Crippen molar-refractivity contribution in [1.82, 2.24) is 25.3 Å². The topological polar surface area (TPSA) is 66.7 Å². The summed E-state index contributed by atoms with van der Waals surface area (Å²) in [4.78, 5) is 7.49. The molecule has 0 amide bonds. The number of hydrogen-bond donors (Lipinski definition) is 2. The summed E-state index contributed by atoms with van der Waals surface area (Å²) in [6.07, 6.45) is 6.66. The van der Waals surface area contributed by atoms with E-state index >= 15 is 0 Å². The Morgan fingerprint density at radius 3 is 2.43 bits per heavy atom. The third-order valence-corrected chi connectivity index (χ3v) is 6.61. The van der Waals surface area contributed by atoms with Gasteiger partial charge in [0.2, 0.25) is 0 Å². The monoisotopic (exact) mass is 532 g/mol. The highest BCUT2D eigenvalue weighted by Crippen LogP contribution is 2.36. The van der Waals surface area contributed by atoms with Crippen LogP contribution in [0.15, 0.2) is 4.99 Å². The molecule has 8 heteroatoms. The van der Waals surface area contributed by atoms with Crippen LogP contribution in [-0.4, -0.2) is 66.6 Å². The van der Waals surface area contributed by atoms with Gasteiger partial charge in [0.05, 0.1) is 25.5 Å². The molecule has 1 aliphatic carbocycles. The second kappa shape index (κ2) is 12.2. The van der Waals surface area contributed by atoms with Crippen molar-refractivity contribution in [2.75, 3.05) is 45.9 Å². The molecule has 2 fully saturated rings. The number of nitrogens with zero attached hydrogens (tertiary/aromatic N) is 4. The summed E-state index contributed by atoms with van der Waals surface area (Å²) in [6, 6.07) is 0. The van der Waals surface area contributed by atoms with E-state index in [1.807, 2.05) is 11.7 Å². The van der Waals surface area contributed by atoms with Gasteiger partial charge in [-0.3, -0.25) is 9.58 Å². The van der Waals surface area contributed by atoms with Crippen LogP contribution < -0.4 is 10.6 Å². The fraction of sp³-hybridized carbons (Fsp3) is 0.818. The Balaban J connectivity index is 0.00000320. The number of ether oxygens (including phenoxy) is 1. The van der Waals surface area contributed by atoms with Crippen LogP contribution in [0.3, 0.4) is 0 Å². The fourth-order valence-corrected chi connectivity index (χ4v) is 4.74. The normalized spacial score (nSPS) is 19.9. The predicted octanol–water partition coefficient (Wildman–Crippen LogP) is 2.99. The Labute approximate surface area is 199 Å². The molecule has 0 aromatic carbocycles. The molecular formula is C22H41IN6O. The molecule has 1 aromatic heterocycles. The Kier molecular flexibility index (Phi) is 10.4. The summed E-state index contributed by atoms with van der Waals surface area (Å²) in [5, 5.41) is 11.6. The number of guanidine groups is 1. The van der Waals surface area contributed by atoms with Gasteiger partial charge >= 0.3 is 0 Å². The van der Waals surface area contributed by atoms with Crippen molar-refractivity contribution in [2.24, 2.45) is 17.5 Å². The third kappa shape index (κ3) is 6.82. The van der Waals surface area contributed by atoms with E-state index in [1.165, 1.54) is 49.9 Å². The number of morpholine rings is 1. The number of hydrogen-bond acceptors (Lipinski definition) is 4. The van der Waals surface area contributed by atoms with Crippen molar-refractivity contribution in [3.05, 3.63) is 17.0 Å². The van der Waals surface area contributed by atoms with Crippen LogP contribution >= 0.6 is 24.0 Å². The average molecular weight is 533 g/mol. The first-order valence-corrected chi connectivity index (χ1v) is 11.3. The maximum absolute atomic E-state index is 5.55. The molecule has 0 radical (unpaired) electrons. The number of halogens is 1. The van der Waals surface area contributed by atoms with Crippen molar-refractivity contribution < 1.29 is 4.74 Å². The lowest BCUT2D eigenvalue weighted by atomic mass is 9.73. The van der Waals surface area contributed by atoms with Crippen LogP contribution in [0.4, 0.5) is 0 Å². The van der Waals surface area contributed by atoms with E-state index in [1.54, 1.807) is 0 Å². The SMILES string of the molecule is CCNC(=NCc1c(C)nn(C)c1C)NCC1(CN2CCOCC2)CCCCC1.I. The lowest BCUT2D eigenvalue weighted by Crippen LogP contribution is -2.51. The first-order valence-electron chi connectivity index (χ1n) is 11.3. The number of rotatable bonds is 7. The van der Waals surface area contributed by atoms with Crippen LogP contribution in [0.25, 0.3) is 0 Å². The second-order valence-electron chi connectivity index (χ2n) is 8.77. The minimum Gasteiger partial charge on any atom is -0.379 e. The lowest BCUT2D eigenvalue weighted by molar-refractivity contribution is 0.00820. The van der Waals surface area contributed by atoms with Gasteiger partial charge in [0.15, 0.2) is 5.96 Å². The maximum Gasteiger partial charge on any atom is 0.191 e. The van der Waals surface area contributed by atoms with Crippen LogP contribution in [0.5, 0.6) is 0 Å². The lowest BCUT2D eigenvalue weighted by Gasteiger charge is -2.42. The van der Waals surface area contributed by atoms with E-state index < -0.39 is 0 Å². The summed E-state index contributed by atoms with van der Waals surface area (Å²) < 4.78 is 7.50. The summed E-state index contributed by atoms with van der Waals surface area (Å²) in [7, 11) is 2.00. The molecule has 2 heterocycles. The average Bonchev–Trinajstić information content (AvgIpc) is 2.97. The van der Waals surface area contributed by atoms with Crippen molar-refractivity contribution >= 4 is 29.9 Å². The fourth-order valence-electron chi connectivity index (χ4n) is 4.74. The van der Waals surface area contributed by atoms with Crippen molar-refractivity contribution in [1.29, 1.82) is 0 Å². The first kappa shape index (κ1) is 25.4. The number of aliphatic imine (C=N–C) groups is 1. The molecule has 1 saturated heterocycles. The highest BCUT2D eigenvalue weighted by atomic mass is 127. The summed E-state index contributed by atoms with van der Waals surface area (Å²) >= 11 is 0. The Morgan fingerprint density at radius 1 is 1.13 bits per heavy atom. The molecule has 0 spiro atoms. The molecule has 7 nitrogen and oxygen atoms in total. The van der Waals surface area contributed by atoms with E-state index in [-0.39, 0.29) is 24.0 Å². The van der Waals surface area contributed by atoms with E-state index in [4.69, 9.17) is 9.73 Å². The van der Waals surface area contributed by atoms with Crippen LogP contribution in [-0.2, 0) is 18.3 Å². The molecule has 0 unspecified atom stereocenters. The van der Waals surface area contributed by atoms with E-state index in [9.17, 15) is 0 Å². The zero-order chi connectivity index (χ0) is 20.7. The highest BCUT2D eigenvalue weighted by molar-refractivity contribution is 14.0. The number of aromatic nitrogens is 2. The van der Waals surface area contributed by atoms with Gasteiger partial charge in [0.25, 0.3) is 0 Å². The minimum absolute atomic E-state index is 0. The van der Waals surface area contributed by atoms with Gasteiger partial charge in [0, 0.05) is 56.4 Å². The van der Waals surface area contributed by atoms with Crippen molar-refractivity contribution in [3.63, 3.8) is 0 Å². The molecule has 1 aliphatic heterocycles. The zero-order valence-corrected chi connectivity index (χ0v) is 21.6. The van der Waals surface area contributed by atoms with Gasteiger partial charge in [0.1, 0.15) is 0 Å². The zero-order valence-electron chi connectivity index (χ0n) is 19.3. The van der Waals surface area contributed by atoms with Crippen LogP contribution in [0.1, 0.15) is 56.0 Å². The summed E-state index contributed by atoms with van der Waals surface area (Å²) in [6.45, 7) is 13.9. The molecule has 1 aromatic rings. The van der Waals surface area contributed by atoms with E-state index in [0.717, 1.165) is 51.0 Å². The third-order valence-electron chi connectivity index (χ3n) is 6.61. The Hall–Kier alpha value is -0.870. The van der Waals surface area contributed by atoms with Crippen LogP contribution in [0, 0.1) is 19.3 Å². The molecule has 30 heavy (non-hydrogen) atoms. The molecule has 3 rings (SSSR count). The van der Waals surface area contributed by atoms with Gasteiger partial charge in [-0.25, -0.2) is 4.99 Å². The van der Waals surface area contributed by atoms with Gasteiger partial charge in [-0.15, -0.1) is 24.0 Å². The predicted molar refractivity (Wildman–Crippen MR) is 134 cm³/mol. The maximum atomic E-state index is 5.55. The second-order valence-corrected chi connectivity index (χ2v) is 8.77.